The van der Waals surface area contributed by atoms with Gasteiger partial charge in [0.25, 0.3) is 0 Å². The molecule has 0 unspecified atom stereocenters. The Hall–Kier alpha value is -1.84. The van der Waals surface area contributed by atoms with Crippen molar-refractivity contribution in [3.8, 4) is 5.75 Å². The number of alkyl halides is 3. The fraction of sp³-hybridized carbons (Fsp3) is 0.400. The highest BCUT2D eigenvalue weighted by Crippen LogP contribution is 2.34. The van der Waals surface area contributed by atoms with E-state index in [2.05, 4.69) is 32.9 Å². The fourth-order valence-electron chi connectivity index (χ4n) is 2.97. The van der Waals surface area contributed by atoms with Crippen LogP contribution in [0.4, 0.5) is 18.9 Å². The summed E-state index contributed by atoms with van der Waals surface area (Å²) in [5.41, 5.74) is -2.54. The fourth-order valence-corrected chi connectivity index (χ4v) is 3.33. The molecule has 28 heavy (non-hydrogen) atoms. The van der Waals surface area contributed by atoms with Crippen LogP contribution in [0.15, 0.2) is 42.6 Å². The number of nitrogens with zero attached hydrogens (tertiary/aromatic N) is 1. The molecule has 0 saturated carbocycles. The minimum atomic E-state index is -4.57. The number of hydrogen-bond donors (Lipinski definition) is 1. The van der Waals surface area contributed by atoms with Crippen molar-refractivity contribution in [3.05, 3.63) is 51.9 Å². The van der Waals surface area contributed by atoms with Gasteiger partial charge in [-0.25, -0.2) is 0 Å². The summed E-state index contributed by atoms with van der Waals surface area (Å²) in [7, 11) is 0. The number of benzene rings is 1. The van der Waals surface area contributed by atoms with Crippen molar-refractivity contribution in [1.82, 2.24) is 4.98 Å². The van der Waals surface area contributed by atoms with E-state index in [1.165, 1.54) is 6.07 Å². The van der Waals surface area contributed by atoms with Gasteiger partial charge in [-0.2, -0.15) is 13.2 Å². The number of carbonyl (C=O) groups excluding carboxylic acids is 1. The molecule has 0 spiro atoms. The lowest BCUT2D eigenvalue weighted by atomic mass is 9.80. The molecule has 0 aliphatic carbocycles. The van der Waals surface area contributed by atoms with Gasteiger partial charge in [0.1, 0.15) is 17.0 Å². The van der Waals surface area contributed by atoms with Gasteiger partial charge in [-0.3, -0.25) is 9.78 Å². The topological polar surface area (TPSA) is 51.2 Å². The number of amides is 1. The number of ether oxygens (including phenoxy) is 1. The Kier molecular flexibility index (Phi) is 6.62. The first-order chi connectivity index (χ1) is 12.8. The lowest BCUT2D eigenvalue weighted by Crippen LogP contribution is -2.40. The minimum Gasteiger partial charge on any atom is -0.488 e. The van der Waals surface area contributed by atoms with Gasteiger partial charge in [-0.15, -0.1) is 0 Å². The van der Waals surface area contributed by atoms with Crippen molar-refractivity contribution in [2.24, 2.45) is 5.41 Å². The van der Waals surface area contributed by atoms with Gasteiger partial charge in [0.05, 0.1) is 0 Å². The van der Waals surface area contributed by atoms with E-state index in [1.807, 2.05) is 38.1 Å². The van der Waals surface area contributed by atoms with Crippen molar-refractivity contribution >= 4 is 34.2 Å². The van der Waals surface area contributed by atoms with Crippen LogP contribution in [0, 0.1) is 8.99 Å². The van der Waals surface area contributed by atoms with Crippen LogP contribution in [0.1, 0.15) is 39.8 Å². The third kappa shape index (κ3) is 6.35. The summed E-state index contributed by atoms with van der Waals surface area (Å²) in [5, 5.41) is 2.55. The Morgan fingerprint density at radius 2 is 1.71 bits per heavy atom. The first kappa shape index (κ1) is 22.4. The van der Waals surface area contributed by atoms with E-state index in [0.29, 0.717) is 12.2 Å². The standard InChI is InChI=1S/C20H22F3IN2O2/c1-18(2,12-19(3,4)28-15-7-5-13(24)6-8-15)17(27)26-14-9-10-25-16(11-14)20(21,22)23/h5-11H,12H2,1-4H3,(H,25,26,27). The second-order valence-corrected chi connectivity index (χ2v) is 9.00. The van der Waals surface area contributed by atoms with Crippen LogP contribution in [0.25, 0.3) is 0 Å². The van der Waals surface area contributed by atoms with E-state index >= 15 is 0 Å². The molecule has 0 saturated heterocycles. The van der Waals surface area contributed by atoms with E-state index in [1.54, 1.807) is 13.8 Å². The Bertz CT molecular complexity index is 834. The third-order valence-electron chi connectivity index (χ3n) is 4.00. The molecule has 0 fully saturated rings. The van der Waals surface area contributed by atoms with Crippen LogP contribution in [-0.2, 0) is 11.0 Å². The van der Waals surface area contributed by atoms with Gasteiger partial charge in [0, 0.05) is 27.3 Å². The summed E-state index contributed by atoms with van der Waals surface area (Å²) in [5.74, 6) is 0.289. The molecule has 2 aromatic rings. The van der Waals surface area contributed by atoms with E-state index in [-0.39, 0.29) is 5.69 Å². The monoisotopic (exact) mass is 506 g/mol. The molecule has 4 nitrogen and oxygen atoms in total. The Morgan fingerprint density at radius 3 is 2.29 bits per heavy atom. The number of pyridine rings is 1. The molecule has 1 aromatic heterocycles. The lowest BCUT2D eigenvalue weighted by molar-refractivity contribution is -0.141. The summed E-state index contributed by atoms with van der Waals surface area (Å²) >= 11 is 2.20. The average Bonchev–Trinajstić information content (AvgIpc) is 2.55. The van der Waals surface area contributed by atoms with E-state index in [9.17, 15) is 18.0 Å². The average molecular weight is 506 g/mol. The van der Waals surface area contributed by atoms with Crippen molar-refractivity contribution in [2.45, 2.75) is 45.9 Å². The van der Waals surface area contributed by atoms with Crippen LogP contribution in [0.5, 0.6) is 5.75 Å². The number of nitrogens with one attached hydrogen (secondary N) is 1. The quantitative estimate of drug-likeness (QED) is 0.496. The number of anilines is 1. The molecule has 152 valence electrons. The molecular weight excluding hydrogens is 484 g/mol. The van der Waals surface area contributed by atoms with E-state index < -0.39 is 28.8 Å². The highest BCUT2D eigenvalue weighted by atomic mass is 127. The third-order valence-corrected chi connectivity index (χ3v) is 4.72. The minimum absolute atomic E-state index is 0.0526. The molecule has 1 aromatic carbocycles. The second-order valence-electron chi connectivity index (χ2n) is 7.76. The molecule has 0 aliphatic heterocycles. The molecular formula is C20H22F3IN2O2. The molecule has 1 amide bonds. The van der Waals surface area contributed by atoms with Gasteiger partial charge >= 0.3 is 6.18 Å². The molecule has 0 radical (unpaired) electrons. The summed E-state index contributed by atoms with van der Waals surface area (Å²) in [4.78, 5) is 16.0. The number of carbonyl (C=O) groups is 1. The Labute approximate surface area is 176 Å². The predicted molar refractivity (Wildman–Crippen MR) is 110 cm³/mol. The zero-order chi connectivity index (χ0) is 21.2. The van der Waals surface area contributed by atoms with Crippen molar-refractivity contribution in [1.29, 1.82) is 0 Å². The molecule has 8 heteroatoms. The first-order valence-electron chi connectivity index (χ1n) is 8.58. The second kappa shape index (κ2) is 8.26. The molecule has 1 heterocycles. The van der Waals surface area contributed by atoms with E-state index in [0.717, 1.165) is 15.8 Å². The van der Waals surface area contributed by atoms with Crippen LogP contribution < -0.4 is 10.1 Å². The molecule has 0 bridgehead atoms. The molecule has 1 N–H and O–H groups in total. The zero-order valence-electron chi connectivity index (χ0n) is 16.0. The molecule has 2 rings (SSSR count). The number of aromatic nitrogens is 1. The maximum Gasteiger partial charge on any atom is 0.433 e. The summed E-state index contributed by atoms with van der Waals surface area (Å²) in [6.45, 7) is 7.20. The maximum atomic E-state index is 12.8. The van der Waals surface area contributed by atoms with Gasteiger partial charge in [0.15, 0.2) is 0 Å². The molecule has 0 atom stereocenters. The first-order valence-corrected chi connectivity index (χ1v) is 9.66. The van der Waals surface area contributed by atoms with Crippen LogP contribution >= 0.6 is 22.6 Å². The van der Waals surface area contributed by atoms with Crippen LogP contribution in [0.3, 0.4) is 0 Å². The van der Waals surface area contributed by atoms with Crippen molar-refractivity contribution < 1.29 is 22.7 Å². The maximum absolute atomic E-state index is 12.8. The Balaban J connectivity index is 2.08. The van der Waals surface area contributed by atoms with E-state index in [4.69, 9.17) is 4.74 Å². The van der Waals surface area contributed by atoms with Gasteiger partial charge in [0.2, 0.25) is 5.91 Å². The summed E-state index contributed by atoms with van der Waals surface area (Å²) in [6, 6.07) is 9.70. The van der Waals surface area contributed by atoms with Crippen molar-refractivity contribution in [3.63, 3.8) is 0 Å². The lowest BCUT2D eigenvalue weighted by Gasteiger charge is -2.34. The molecule has 0 aliphatic rings. The Morgan fingerprint density at radius 1 is 1.11 bits per heavy atom. The van der Waals surface area contributed by atoms with Gasteiger partial charge in [-0.05, 0) is 72.8 Å². The van der Waals surface area contributed by atoms with Gasteiger partial charge < -0.3 is 10.1 Å². The highest BCUT2D eigenvalue weighted by molar-refractivity contribution is 14.1. The number of halogens is 4. The predicted octanol–water partition coefficient (Wildman–Crippen LogP) is 5.92. The van der Waals surface area contributed by atoms with Crippen LogP contribution in [-0.4, -0.2) is 16.5 Å². The normalized spacial score (nSPS) is 12.6. The SMILES string of the molecule is CC(C)(CC(C)(C)C(=O)Nc1ccnc(C(F)(F)F)c1)Oc1ccc(I)cc1. The smallest absolute Gasteiger partial charge is 0.433 e. The zero-order valence-corrected chi connectivity index (χ0v) is 18.2. The van der Waals surface area contributed by atoms with Crippen molar-refractivity contribution in [2.75, 3.05) is 5.32 Å². The summed E-state index contributed by atoms with van der Waals surface area (Å²) in [6.07, 6.45) is -3.19. The summed E-state index contributed by atoms with van der Waals surface area (Å²) < 4.78 is 45.5. The highest BCUT2D eigenvalue weighted by Gasteiger charge is 2.37. The number of rotatable bonds is 6. The number of hydrogen-bond acceptors (Lipinski definition) is 3. The van der Waals surface area contributed by atoms with Crippen LogP contribution in [0.2, 0.25) is 0 Å². The largest absolute Gasteiger partial charge is 0.488 e. The van der Waals surface area contributed by atoms with Gasteiger partial charge in [-0.1, -0.05) is 13.8 Å².